The highest BCUT2D eigenvalue weighted by molar-refractivity contribution is 6.42. The number of halogens is 2. The maximum absolute atomic E-state index is 12.6. The van der Waals surface area contributed by atoms with Crippen LogP contribution in [-0.2, 0) is 24.8 Å². The van der Waals surface area contributed by atoms with Gasteiger partial charge in [-0.25, -0.2) is 9.59 Å². The fourth-order valence-electron chi connectivity index (χ4n) is 2.91. The van der Waals surface area contributed by atoms with E-state index in [1.807, 2.05) is 0 Å². The molecule has 0 unspecified atom stereocenters. The zero-order chi connectivity index (χ0) is 18.8. The van der Waals surface area contributed by atoms with Gasteiger partial charge in [0.05, 0.1) is 23.2 Å². The van der Waals surface area contributed by atoms with Gasteiger partial charge in [0.2, 0.25) is 0 Å². The molecule has 7 nitrogen and oxygen atoms in total. The number of ether oxygens (including phenoxy) is 1. The molecule has 2 aromatic rings. The minimum Gasteiger partial charge on any atom is -0.461 e. The zero-order valence-electron chi connectivity index (χ0n) is 14.4. The van der Waals surface area contributed by atoms with Gasteiger partial charge in [0.1, 0.15) is 0 Å². The van der Waals surface area contributed by atoms with Crippen LogP contribution in [0.3, 0.4) is 0 Å². The van der Waals surface area contributed by atoms with Crippen LogP contribution >= 0.6 is 23.2 Å². The maximum Gasteiger partial charge on any atom is 0.359 e. The highest BCUT2D eigenvalue weighted by atomic mass is 35.5. The first-order valence-corrected chi connectivity index (χ1v) is 8.89. The molecule has 3 rings (SSSR count). The van der Waals surface area contributed by atoms with E-state index in [2.05, 4.69) is 10.4 Å². The Morgan fingerprint density at radius 3 is 2.77 bits per heavy atom. The number of nitrogens with zero attached hydrogens (tertiary/aromatic N) is 3. The zero-order valence-corrected chi connectivity index (χ0v) is 15.9. The second-order valence-electron chi connectivity index (χ2n) is 5.85. The van der Waals surface area contributed by atoms with Crippen LogP contribution in [0, 0.1) is 0 Å². The average Bonchev–Trinajstić information content (AvgIpc) is 2.95. The minimum atomic E-state index is -0.476. The van der Waals surface area contributed by atoms with Crippen LogP contribution in [0.4, 0.5) is 10.5 Å². The molecule has 0 aliphatic carbocycles. The minimum absolute atomic E-state index is 0.261. The lowest BCUT2D eigenvalue weighted by Crippen LogP contribution is -2.39. The molecular formula is C17H18Cl2N4O3. The van der Waals surface area contributed by atoms with Crippen LogP contribution < -0.4 is 5.32 Å². The van der Waals surface area contributed by atoms with Crippen molar-refractivity contribution in [3.05, 3.63) is 45.2 Å². The van der Waals surface area contributed by atoms with Crippen molar-refractivity contribution in [1.82, 2.24) is 14.7 Å². The average molecular weight is 397 g/mol. The summed E-state index contributed by atoms with van der Waals surface area (Å²) in [6, 6.07) is 4.60. The third-order valence-electron chi connectivity index (χ3n) is 4.17. The number of anilines is 1. The number of hydrogen-bond donors (Lipinski definition) is 1. The summed E-state index contributed by atoms with van der Waals surface area (Å²) in [6.45, 7) is 2.81. The number of aromatic nitrogens is 2. The molecule has 2 heterocycles. The summed E-state index contributed by atoms with van der Waals surface area (Å²) in [7, 11) is 1.78. The third kappa shape index (κ3) is 3.64. The van der Waals surface area contributed by atoms with Gasteiger partial charge < -0.3 is 15.0 Å². The number of esters is 1. The van der Waals surface area contributed by atoms with Gasteiger partial charge >= 0.3 is 12.0 Å². The quantitative estimate of drug-likeness (QED) is 0.805. The van der Waals surface area contributed by atoms with Gasteiger partial charge in [-0.2, -0.15) is 5.10 Å². The van der Waals surface area contributed by atoms with E-state index in [0.717, 1.165) is 11.3 Å². The van der Waals surface area contributed by atoms with Crippen LogP contribution in [-0.4, -0.2) is 39.8 Å². The van der Waals surface area contributed by atoms with Crippen molar-refractivity contribution in [2.45, 2.75) is 19.9 Å². The molecule has 0 spiro atoms. The molecule has 0 fully saturated rings. The first kappa shape index (κ1) is 18.5. The summed E-state index contributed by atoms with van der Waals surface area (Å²) >= 11 is 11.9. The smallest absolute Gasteiger partial charge is 0.359 e. The molecule has 0 saturated heterocycles. The second kappa shape index (κ2) is 7.55. The lowest BCUT2D eigenvalue weighted by atomic mass is 10.1. The lowest BCUT2D eigenvalue weighted by molar-refractivity contribution is 0.0516. The molecule has 0 radical (unpaired) electrons. The Bertz CT molecular complexity index is 866. The summed E-state index contributed by atoms with van der Waals surface area (Å²) in [6.07, 6.45) is 0.604. The lowest BCUT2D eigenvalue weighted by Gasteiger charge is -2.27. The van der Waals surface area contributed by atoms with Gasteiger partial charge in [-0.05, 0) is 25.1 Å². The number of carbonyl (C=O) groups is 2. The van der Waals surface area contributed by atoms with Crippen LogP contribution in [0.15, 0.2) is 18.2 Å². The topological polar surface area (TPSA) is 76.5 Å². The maximum atomic E-state index is 12.6. The fraction of sp³-hybridized carbons (Fsp3) is 0.353. The molecule has 9 heteroatoms. The van der Waals surface area contributed by atoms with Crippen molar-refractivity contribution in [1.29, 1.82) is 0 Å². The van der Waals surface area contributed by atoms with Crippen LogP contribution in [0.25, 0.3) is 0 Å². The van der Waals surface area contributed by atoms with E-state index in [4.69, 9.17) is 27.9 Å². The molecular weight excluding hydrogens is 379 g/mol. The molecule has 0 saturated carbocycles. The normalized spacial score (nSPS) is 13.3. The number of aryl methyl sites for hydroxylation is 1. The van der Waals surface area contributed by atoms with E-state index in [1.165, 1.54) is 0 Å². The van der Waals surface area contributed by atoms with Crippen LogP contribution in [0.2, 0.25) is 10.0 Å². The fourth-order valence-corrected chi connectivity index (χ4v) is 3.20. The second-order valence-corrected chi connectivity index (χ2v) is 6.66. The Balaban J connectivity index is 1.77. The number of hydrogen-bond acceptors (Lipinski definition) is 4. The van der Waals surface area contributed by atoms with Crippen LogP contribution in [0.1, 0.15) is 28.7 Å². The molecule has 26 heavy (non-hydrogen) atoms. The third-order valence-corrected chi connectivity index (χ3v) is 4.91. The largest absolute Gasteiger partial charge is 0.461 e. The first-order chi connectivity index (χ1) is 12.4. The number of carbonyl (C=O) groups excluding carboxylic acids is 2. The molecule has 1 aromatic carbocycles. The Kier molecular flexibility index (Phi) is 5.38. The van der Waals surface area contributed by atoms with Crippen molar-refractivity contribution in [2.75, 3.05) is 18.5 Å². The number of nitrogens with one attached hydrogen (secondary N) is 1. The molecule has 1 N–H and O–H groups in total. The Hall–Kier alpha value is -2.25. The summed E-state index contributed by atoms with van der Waals surface area (Å²) in [5, 5.41) is 7.83. The highest BCUT2D eigenvalue weighted by Crippen LogP contribution is 2.26. The summed E-state index contributed by atoms with van der Waals surface area (Å²) in [5.74, 6) is -0.476. The number of benzene rings is 1. The molecule has 138 valence electrons. The van der Waals surface area contributed by atoms with Crippen molar-refractivity contribution in [3.63, 3.8) is 0 Å². The van der Waals surface area contributed by atoms with Gasteiger partial charge in [-0.3, -0.25) is 4.68 Å². The molecule has 2 amide bonds. The molecule has 0 atom stereocenters. The van der Waals surface area contributed by atoms with E-state index < -0.39 is 5.97 Å². The van der Waals surface area contributed by atoms with Crippen molar-refractivity contribution < 1.29 is 14.3 Å². The first-order valence-electron chi connectivity index (χ1n) is 8.13. The van der Waals surface area contributed by atoms with Crippen molar-refractivity contribution in [3.8, 4) is 0 Å². The van der Waals surface area contributed by atoms with Crippen molar-refractivity contribution in [2.24, 2.45) is 7.05 Å². The molecule has 1 aliphatic rings. The molecule has 1 aromatic heterocycles. The van der Waals surface area contributed by atoms with Gasteiger partial charge in [-0.15, -0.1) is 0 Å². The predicted octanol–water partition coefficient (Wildman–Crippen LogP) is 3.49. The number of amides is 2. The number of urea groups is 1. The summed E-state index contributed by atoms with van der Waals surface area (Å²) in [4.78, 5) is 26.3. The van der Waals surface area contributed by atoms with E-state index in [9.17, 15) is 9.59 Å². The standard InChI is InChI=1S/C17H18Cl2N4O3/c1-3-26-16(24)15-11-9-23(7-6-14(11)22(2)21-15)17(25)20-10-4-5-12(18)13(19)8-10/h4-5,8H,3,6-7,9H2,1-2H3,(H,20,25). The van der Waals surface area contributed by atoms with Crippen LogP contribution in [0.5, 0.6) is 0 Å². The summed E-state index contributed by atoms with van der Waals surface area (Å²) < 4.78 is 6.74. The van der Waals surface area contributed by atoms with Gasteiger partial charge in [0, 0.05) is 37.0 Å². The Morgan fingerprint density at radius 1 is 1.31 bits per heavy atom. The Morgan fingerprint density at radius 2 is 2.08 bits per heavy atom. The van der Waals surface area contributed by atoms with E-state index >= 15 is 0 Å². The number of rotatable bonds is 3. The van der Waals surface area contributed by atoms with Gasteiger partial charge in [0.15, 0.2) is 5.69 Å². The van der Waals surface area contributed by atoms with E-state index in [-0.39, 0.29) is 24.9 Å². The number of fused-ring (bicyclic) bond motifs is 1. The monoisotopic (exact) mass is 396 g/mol. The van der Waals surface area contributed by atoms with Crippen molar-refractivity contribution >= 4 is 40.9 Å². The Labute approximate surface area is 160 Å². The van der Waals surface area contributed by atoms with Gasteiger partial charge in [-0.1, -0.05) is 23.2 Å². The SMILES string of the molecule is CCOC(=O)c1nn(C)c2c1CN(C(=O)Nc1ccc(Cl)c(Cl)c1)CC2. The molecule has 1 aliphatic heterocycles. The van der Waals surface area contributed by atoms with E-state index in [1.54, 1.807) is 41.8 Å². The summed E-state index contributed by atoms with van der Waals surface area (Å²) in [5.41, 5.74) is 2.47. The molecule has 0 bridgehead atoms. The van der Waals surface area contributed by atoms with E-state index in [0.29, 0.717) is 28.7 Å². The highest BCUT2D eigenvalue weighted by Gasteiger charge is 2.30. The van der Waals surface area contributed by atoms with Gasteiger partial charge in [0.25, 0.3) is 0 Å². The predicted molar refractivity (Wildman–Crippen MR) is 98.8 cm³/mol.